The Hall–Kier alpha value is -2.82. The normalized spacial score (nSPS) is 11.2. The summed E-state index contributed by atoms with van der Waals surface area (Å²) < 4.78 is 32.4. The number of sulfonamides is 1. The summed E-state index contributed by atoms with van der Waals surface area (Å²) in [5.74, 6) is 0.287. The van der Waals surface area contributed by atoms with Gasteiger partial charge in [-0.1, -0.05) is 35.6 Å². The lowest BCUT2D eigenvalue weighted by atomic mass is 10.1. The van der Waals surface area contributed by atoms with Crippen LogP contribution in [0.5, 0.6) is 5.75 Å². The summed E-state index contributed by atoms with van der Waals surface area (Å²) in [7, 11) is -3.85. The number of benzene rings is 2. The van der Waals surface area contributed by atoms with Crippen LogP contribution in [-0.2, 0) is 10.0 Å². The number of hydrogen-bond donors (Lipinski definition) is 2. The fourth-order valence-electron chi connectivity index (χ4n) is 2.34. The lowest BCUT2D eigenvalue weighted by Gasteiger charge is -2.08. The molecule has 0 spiro atoms. The molecule has 0 radical (unpaired) electrons. The van der Waals surface area contributed by atoms with Gasteiger partial charge < -0.3 is 4.74 Å². The number of nitrogens with zero attached hydrogens (tertiary/aromatic N) is 2. The third-order valence-electron chi connectivity index (χ3n) is 4.03. The number of hydrogen-bond acceptors (Lipinski definition) is 7. The van der Waals surface area contributed by atoms with Gasteiger partial charge in [-0.05, 0) is 49.2 Å². The Morgan fingerprint density at radius 3 is 2.55 bits per heavy atom. The SMILES string of the molecule is Cc1ccc(OCCNS(=O)(=O)c2nnc(NC(=O)c3ccccc3)s2)cc1C. The summed E-state index contributed by atoms with van der Waals surface area (Å²) in [5.41, 5.74) is 2.69. The van der Waals surface area contributed by atoms with Crippen molar-refractivity contribution in [2.75, 3.05) is 18.5 Å². The lowest BCUT2D eigenvalue weighted by Crippen LogP contribution is -2.28. The monoisotopic (exact) mass is 432 g/mol. The first-order valence-corrected chi connectivity index (χ1v) is 11.0. The van der Waals surface area contributed by atoms with Crippen LogP contribution in [0.2, 0.25) is 0 Å². The molecule has 1 aromatic heterocycles. The molecule has 0 aliphatic heterocycles. The van der Waals surface area contributed by atoms with Crippen molar-refractivity contribution < 1.29 is 17.9 Å². The summed E-state index contributed by atoms with van der Waals surface area (Å²) in [6, 6.07) is 14.2. The molecule has 10 heteroatoms. The van der Waals surface area contributed by atoms with E-state index in [9.17, 15) is 13.2 Å². The minimum atomic E-state index is -3.85. The first kappa shape index (κ1) is 20.9. The molecule has 2 N–H and O–H groups in total. The number of aryl methyl sites for hydroxylation is 2. The van der Waals surface area contributed by atoms with Gasteiger partial charge in [0, 0.05) is 12.1 Å². The lowest BCUT2D eigenvalue weighted by molar-refractivity contribution is 0.102. The van der Waals surface area contributed by atoms with Crippen LogP contribution in [0.25, 0.3) is 0 Å². The zero-order chi connectivity index (χ0) is 20.9. The number of carbonyl (C=O) groups is 1. The maximum absolute atomic E-state index is 12.3. The minimum absolute atomic E-state index is 0.0700. The Balaban J connectivity index is 1.53. The number of amides is 1. The topological polar surface area (TPSA) is 110 Å². The molecule has 0 fully saturated rings. The van der Waals surface area contributed by atoms with Gasteiger partial charge in [-0.25, -0.2) is 13.1 Å². The molecule has 0 atom stereocenters. The van der Waals surface area contributed by atoms with Gasteiger partial charge in [0.2, 0.25) is 9.47 Å². The molecule has 0 aliphatic rings. The molecular formula is C19H20N4O4S2. The van der Waals surface area contributed by atoms with Gasteiger partial charge >= 0.3 is 0 Å². The van der Waals surface area contributed by atoms with Crippen LogP contribution in [0.3, 0.4) is 0 Å². The highest BCUT2D eigenvalue weighted by Crippen LogP contribution is 2.20. The van der Waals surface area contributed by atoms with Crippen molar-refractivity contribution in [3.63, 3.8) is 0 Å². The summed E-state index contributed by atoms with van der Waals surface area (Å²) in [4.78, 5) is 12.1. The van der Waals surface area contributed by atoms with Gasteiger partial charge in [-0.3, -0.25) is 10.1 Å². The van der Waals surface area contributed by atoms with Gasteiger partial charge in [-0.15, -0.1) is 10.2 Å². The molecule has 2 aromatic carbocycles. The second kappa shape index (κ2) is 9.12. The fraction of sp³-hybridized carbons (Fsp3) is 0.211. The number of ether oxygens (including phenoxy) is 1. The predicted octanol–water partition coefficient (Wildman–Crippen LogP) is 2.76. The number of aromatic nitrogens is 2. The summed E-state index contributed by atoms with van der Waals surface area (Å²) in [6.07, 6.45) is 0. The van der Waals surface area contributed by atoms with Crippen molar-refractivity contribution in [1.82, 2.24) is 14.9 Å². The van der Waals surface area contributed by atoms with Crippen LogP contribution in [0.15, 0.2) is 52.9 Å². The minimum Gasteiger partial charge on any atom is -0.492 e. The van der Waals surface area contributed by atoms with E-state index >= 15 is 0 Å². The van der Waals surface area contributed by atoms with Gasteiger partial charge in [-0.2, -0.15) is 0 Å². The number of anilines is 1. The van der Waals surface area contributed by atoms with E-state index in [1.165, 1.54) is 0 Å². The van der Waals surface area contributed by atoms with Crippen LogP contribution in [-0.4, -0.2) is 37.7 Å². The molecule has 1 heterocycles. The van der Waals surface area contributed by atoms with Crippen molar-refractivity contribution >= 4 is 32.4 Å². The van der Waals surface area contributed by atoms with Crippen molar-refractivity contribution in [2.45, 2.75) is 18.2 Å². The van der Waals surface area contributed by atoms with E-state index in [-0.39, 0.29) is 28.5 Å². The van der Waals surface area contributed by atoms with Gasteiger partial charge in [0.25, 0.3) is 15.9 Å². The molecule has 29 heavy (non-hydrogen) atoms. The largest absolute Gasteiger partial charge is 0.492 e. The molecule has 152 valence electrons. The van der Waals surface area contributed by atoms with Crippen LogP contribution < -0.4 is 14.8 Å². The van der Waals surface area contributed by atoms with E-state index in [1.54, 1.807) is 30.3 Å². The van der Waals surface area contributed by atoms with Crippen LogP contribution in [0.1, 0.15) is 21.5 Å². The van der Waals surface area contributed by atoms with Crippen LogP contribution in [0.4, 0.5) is 5.13 Å². The standard InChI is InChI=1S/C19H20N4O4S2/c1-13-8-9-16(12-14(13)2)27-11-10-20-29(25,26)19-23-22-18(28-19)21-17(24)15-6-4-3-5-7-15/h3-9,12,20H,10-11H2,1-2H3,(H,21,22,24). The average molecular weight is 433 g/mol. The van der Waals surface area contributed by atoms with E-state index in [4.69, 9.17) is 4.74 Å². The van der Waals surface area contributed by atoms with Gasteiger partial charge in [0.1, 0.15) is 12.4 Å². The van der Waals surface area contributed by atoms with Crippen molar-refractivity contribution in [3.05, 3.63) is 65.2 Å². The molecule has 1 amide bonds. The predicted molar refractivity (Wildman–Crippen MR) is 111 cm³/mol. The molecule has 3 aromatic rings. The summed E-state index contributed by atoms with van der Waals surface area (Å²) >= 11 is 0.775. The molecule has 3 rings (SSSR count). The van der Waals surface area contributed by atoms with E-state index < -0.39 is 10.0 Å². The first-order chi connectivity index (χ1) is 13.8. The highest BCUT2D eigenvalue weighted by atomic mass is 32.2. The van der Waals surface area contributed by atoms with E-state index in [1.807, 2.05) is 32.0 Å². The van der Waals surface area contributed by atoms with Crippen LogP contribution in [0, 0.1) is 13.8 Å². The van der Waals surface area contributed by atoms with Crippen LogP contribution >= 0.6 is 11.3 Å². The molecule has 0 bridgehead atoms. The Morgan fingerprint density at radius 1 is 1.07 bits per heavy atom. The van der Waals surface area contributed by atoms with Crippen molar-refractivity contribution in [2.24, 2.45) is 0 Å². The quantitative estimate of drug-likeness (QED) is 0.418. The Bertz CT molecular complexity index is 1100. The maximum atomic E-state index is 12.3. The third-order valence-corrected chi connectivity index (χ3v) is 6.70. The fourth-order valence-corrected chi connectivity index (χ4v) is 4.29. The number of carbonyl (C=O) groups excluding carboxylic acids is 1. The first-order valence-electron chi connectivity index (χ1n) is 8.75. The second-order valence-electron chi connectivity index (χ2n) is 6.19. The molecule has 0 unspecified atom stereocenters. The average Bonchev–Trinajstić information content (AvgIpc) is 3.18. The van der Waals surface area contributed by atoms with Crippen molar-refractivity contribution in [3.8, 4) is 5.75 Å². The maximum Gasteiger partial charge on any atom is 0.269 e. The van der Waals surface area contributed by atoms with E-state index in [0.717, 1.165) is 22.5 Å². The molecule has 8 nitrogen and oxygen atoms in total. The molecular weight excluding hydrogens is 412 g/mol. The zero-order valence-corrected chi connectivity index (χ0v) is 17.5. The Kier molecular flexibility index (Phi) is 6.57. The smallest absolute Gasteiger partial charge is 0.269 e. The van der Waals surface area contributed by atoms with Gasteiger partial charge in [0.05, 0.1) is 0 Å². The zero-order valence-electron chi connectivity index (χ0n) is 15.9. The number of rotatable bonds is 8. The second-order valence-corrected chi connectivity index (χ2v) is 9.10. The summed E-state index contributed by atoms with van der Waals surface area (Å²) in [5, 5.41) is 10.0. The summed E-state index contributed by atoms with van der Waals surface area (Å²) in [6.45, 7) is 4.22. The van der Waals surface area contributed by atoms with Gasteiger partial charge in [0.15, 0.2) is 0 Å². The molecule has 0 saturated heterocycles. The number of nitrogens with one attached hydrogen (secondary N) is 2. The van der Waals surface area contributed by atoms with E-state index in [2.05, 4.69) is 20.2 Å². The highest BCUT2D eigenvalue weighted by molar-refractivity contribution is 7.91. The Labute approximate surface area is 173 Å². The molecule has 0 aliphatic carbocycles. The Morgan fingerprint density at radius 2 is 1.83 bits per heavy atom. The highest BCUT2D eigenvalue weighted by Gasteiger charge is 2.20. The third kappa shape index (κ3) is 5.59. The molecule has 0 saturated carbocycles. The van der Waals surface area contributed by atoms with E-state index in [0.29, 0.717) is 11.3 Å². The van der Waals surface area contributed by atoms with Crippen molar-refractivity contribution in [1.29, 1.82) is 0 Å².